The molecule has 4 heterocycles. The Labute approximate surface area is 255 Å². The molecule has 0 saturated heterocycles. The van der Waals surface area contributed by atoms with Crippen LogP contribution in [0.2, 0.25) is 0 Å². The molecule has 0 bridgehead atoms. The van der Waals surface area contributed by atoms with E-state index in [4.69, 9.17) is 9.72 Å². The van der Waals surface area contributed by atoms with E-state index in [1.165, 1.54) is 18.3 Å². The first-order chi connectivity index (χ1) is 20.7. The van der Waals surface area contributed by atoms with Crippen LogP contribution in [-0.4, -0.2) is 79.9 Å². The molecular weight excluding hydrogens is 542 g/mol. The Balaban J connectivity index is 1.37. The molecule has 0 aromatic carbocycles. The Bertz CT molecular complexity index is 1320. The van der Waals surface area contributed by atoms with Gasteiger partial charge in [-0.2, -0.15) is 5.10 Å². The number of hydrogen-bond donors (Lipinski definition) is 3. The quantitative estimate of drug-likeness (QED) is 0.165. The van der Waals surface area contributed by atoms with Gasteiger partial charge in [-0.15, -0.1) is 0 Å². The number of pyridine rings is 1. The zero-order chi connectivity index (χ0) is 30.7. The van der Waals surface area contributed by atoms with Crippen molar-refractivity contribution in [2.24, 2.45) is 0 Å². The fourth-order valence-corrected chi connectivity index (χ4v) is 5.10. The van der Waals surface area contributed by atoms with Crippen molar-refractivity contribution in [2.45, 2.75) is 77.9 Å². The van der Waals surface area contributed by atoms with E-state index < -0.39 is 0 Å². The zero-order valence-electron chi connectivity index (χ0n) is 26.1. The van der Waals surface area contributed by atoms with Gasteiger partial charge >= 0.3 is 0 Å². The number of anilines is 2. The molecule has 3 N–H and O–H groups in total. The zero-order valence-corrected chi connectivity index (χ0v) is 26.1. The van der Waals surface area contributed by atoms with Gasteiger partial charge in [0, 0.05) is 57.3 Å². The summed E-state index contributed by atoms with van der Waals surface area (Å²) in [7, 11) is 0. The van der Waals surface area contributed by atoms with E-state index in [2.05, 4.69) is 54.6 Å². The van der Waals surface area contributed by atoms with Crippen LogP contribution in [0.1, 0.15) is 64.6 Å². The number of aromatic nitrogens is 5. The van der Waals surface area contributed by atoms with Crippen LogP contribution < -0.4 is 16.0 Å². The van der Waals surface area contributed by atoms with Gasteiger partial charge in [0.1, 0.15) is 29.3 Å². The van der Waals surface area contributed by atoms with Gasteiger partial charge in [-0.3, -0.25) is 4.79 Å². The third-order valence-corrected chi connectivity index (χ3v) is 7.18. The lowest BCUT2D eigenvalue weighted by Gasteiger charge is -2.30. The monoisotopic (exact) mass is 589 g/mol. The third-order valence-electron chi connectivity index (χ3n) is 7.18. The molecule has 0 saturated carbocycles. The van der Waals surface area contributed by atoms with Gasteiger partial charge in [0.25, 0.3) is 0 Å². The topological polar surface area (TPSA) is 122 Å². The highest BCUT2D eigenvalue weighted by Gasteiger charge is 2.22. The van der Waals surface area contributed by atoms with Crippen LogP contribution in [-0.2, 0) is 22.4 Å². The molecule has 0 spiro atoms. The van der Waals surface area contributed by atoms with E-state index in [-0.39, 0.29) is 17.6 Å². The number of amides is 1. The molecule has 232 valence electrons. The van der Waals surface area contributed by atoms with E-state index in [0.29, 0.717) is 23.9 Å². The molecule has 0 aliphatic carbocycles. The maximum atomic E-state index is 11.6. The summed E-state index contributed by atoms with van der Waals surface area (Å²) in [6.45, 7) is 16.0. The Morgan fingerprint density at radius 1 is 1.21 bits per heavy atom. The van der Waals surface area contributed by atoms with Gasteiger partial charge < -0.3 is 25.6 Å². The number of nitrogens with zero attached hydrogens (tertiary/aromatic N) is 6. The first-order valence-corrected chi connectivity index (χ1v) is 15.3. The summed E-state index contributed by atoms with van der Waals surface area (Å²) in [6.07, 6.45) is 11.1. The average Bonchev–Trinajstić information content (AvgIpc) is 3.51. The fraction of sp³-hybridized carbons (Fsp3) is 0.531. The van der Waals surface area contributed by atoms with Gasteiger partial charge in [0.05, 0.1) is 6.04 Å². The number of hydrogen-bond acceptors (Lipinski definition) is 9. The third kappa shape index (κ3) is 10.7. The average molecular weight is 590 g/mol. The second kappa shape index (κ2) is 15.5. The van der Waals surface area contributed by atoms with Crippen molar-refractivity contribution in [2.75, 3.05) is 43.4 Å². The van der Waals surface area contributed by atoms with Crippen LogP contribution in [0.3, 0.4) is 0 Å². The highest BCUT2D eigenvalue weighted by molar-refractivity contribution is 5.72. The van der Waals surface area contributed by atoms with Gasteiger partial charge in [-0.25, -0.2) is 19.6 Å². The van der Waals surface area contributed by atoms with Crippen LogP contribution in [0, 0.1) is 0 Å². The molecule has 1 aliphatic heterocycles. The molecule has 1 atom stereocenters. The maximum Gasteiger partial charge on any atom is 0.216 e. The lowest BCUT2D eigenvalue weighted by Crippen LogP contribution is -2.38. The normalized spacial score (nSPS) is 13.6. The van der Waals surface area contributed by atoms with Crippen molar-refractivity contribution in [1.82, 2.24) is 34.9 Å². The molecular formula is C32H47N9O2. The molecule has 11 heteroatoms. The molecule has 0 fully saturated rings. The Morgan fingerprint density at radius 3 is 2.84 bits per heavy atom. The van der Waals surface area contributed by atoms with Crippen LogP contribution in [0.25, 0.3) is 5.82 Å². The number of carbonyl (C=O) groups excluding carboxylic acids is 1. The van der Waals surface area contributed by atoms with E-state index in [9.17, 15) is 4.79 Å². The minimum absolute atomic E-state index is 0.0183. The highest BCUT2D eigenvalue weighted by Crippen LogP contribution is 2.22. The van der Waals surface area contributed by atoms with Crippen molar-refractivity contribution in [3.8, 4) is 5.82 Å². The number of ether oxygens (including phenoxy) is 1. The van der Waals surface area contributed by atoms with Crippen molar-refractivity contribution >= 4 is 17.5 Å². The number of fused-ring (bicyclic) bond motifs is 1. The van der Waals surface area contributed by atoms with Gasteiger partial charge in [0.15, 0.2) is 5.82 Å². The lowest BCUT2D eigenvalue weighted by molar-refractivity contribution is -0.119. The van der Waals surface area contributed by atoms with E-state index >= 15 is 0 Å². The minimum atomic E-state index is -0.381. The Morgan fingerprint density at radius 2 is 2.07 bits per heavy atom. The van der Waals surface area contributed by atoms with Crippen molar-refractivity contribution in [3.63, 3.8) is 0 Å². The molecule has 1 aliphatic rings. The lowest BCUT2D eigenvalue weighted by atomic mass is 10.1. The summed E-state index contributed by atoms with van der Waals surface area (Å²) in [5.41, 5.74) is 2.07. The van der Waals surface area contributed by atoms with Crippen molar-refractivity contribution < 1.29 is 9.53 Å². The summed E-state index contributed by atoms with van der Waals surface area (Å²) >= 11 is 0. The second-order valence-corrected chi connectivity index (χ2v) is 12.0. The number of nitrogens with one attached hydrogen (secondary N) is 3. The summed E-state index contributed by atoms with van der Waals surface area (Å²) in [5, 5.41) is 14.2. The SMILES string of the molecule is C=C(OC(C)(C)C)C(CCN(CCCCc1ccc2c(n1)NCCC2)CCNC(C)=O)Nc1cc(-n2cccn2)ncn1. The first-order valence-electron chi connectivity index (χ1n) is 15.3. The Kier molecular flexibility index (Phi) is 11.5. The largest absolute Gasteiger partial charge is 0.491 e. The van der Waals surface area contributed by atoms with Crippen LogP contribution in [0.4, 0.5) is 11.6 Å². The number of rotatable bonds is 16. The second-order valence-electron chi connectivity index (χ2n) is 12.0. The molecule has 11 nitrogen and oxygen atoms in total. The fourth-order valence-electron chi connectivity index (χ4n) is 5.10. The van der Waals surface area contributed by atoms with Gasteiger partial charge in [-0.1, -0.05) is 12.6 Å². The first kappa shape index (κ1) is 31.9. The standard InChI is InChI=1S/C32H47N9O2/c1-24(43-32(3,4)5)28(39-29-22-30(36-23-35-29)41-19-9-16-37-41)14-20-40(21-17-33-25(2)42)18-7-6-11-27-13-12-26-10-8-15-34-31(26)38-27/h9,12-13,16,19,22-23,28H,1,6-8,10-11,14-15,17-18,20-21H2,2-5H3,(H,33,42)(H,34,38)(H,35,36,39). The van der Waals surface area contributed by atoms with Crippen LogP contribution >= 0.6 is 0 Å². The minimum Gasteiger partial charge on any atom is -0.491 e. The van der Waals surface area contributed by atoms with Gasteiger partial charge in [0.2, 0.25) is 5.91 Å². The molecule has 3 aromatic heterocycles. The predicted octanol–water partition coefficient (Wildman–Crippen LogP) is 4.38. The molecule has 1 amide bonds. The summed E-state index contributed by atoms with van der Waals surface area (Å²) in [4.78, 5) is 27.6. The maximum absolute atomic E-state index is 11.6. The summed E-state index contributed by atoms with van der Waals surface area (Å²) in [6, 6.07) is 7.92. The molecule has 3 aromatic rings. The summed E-state index contributed by atoms with van der Waals surface area (Å²) in [5.74, 6) is 3.03. The number of aryl methyl sites for hydroxylation is 2. The molecule has 43 heavy (non-hydrogen) atoms. The molecule has 1 unspecified atom stereocenters. The smallest absolute Gasteiger partial charge is 0.216 e. The molecule has 4 rings (SSSR count). The predicted molar refractivity (Wildman–Crippen MR) is 170 cm³/mol. The number of carbonyl (C=O) groups is 1. The Hall–Kier alpha value is -3.99. The number of unbranched alkanes of at least 4 members (excludes halogenated alkanes) is 1. The van der Waals surface area contributed by atoms with Crippen molar-refractivity contribution in [3.05, 3.63) is 66.6 Å². The van der Waals surface area contributed by atoms with Gasteiger partial charge in [-0.05, 0) is 83.5 Å². The van der Waals surface area contributed by atoms with E-state index in [1.807, 2.05) is 39.1 Å². The summed E-state index contributed by atoms with van der Waals surface area (Å²) < 4.78 is 7.90. The highest BCUT2D eigenvalue weighted by atomic mass is 16.5. The van der Waals surface area contributed by atoms with Crippen LogP contribution in [0.15, 0.2) is 55.3 Å². The van der Waals surface area contributed by atoms with Crippen LogP contribution in [0.5, 0.6) is 0 Å². The van der Waals surface area contributed by atoms with Crippen molar-refractivity contribution in [1.29, 1.82) is 0 Å². The molecule has 0 radical (unpaired) electrons. The van der Waals surface area contributed by atoms with E-state index in [1.54, 1.807) is 17.8 Å². The van der Waals surface area contributed by atoms with E-state index in [0.717, 1.165) is 69.8 Å².